The molecular formula is C11H26O3S2Si. The van der Waals surface area contributed by atoms with E-state index >= 15 is 0 Å². The normalized spacial score (nSPS) is 13.9. The Morgan fingerprint density at radius 3 is 1.47 bits per heavy atom. The molecule has 1 atom stereocenters. The van der Waals surface area contributed by atoms with Crippen LogP contribution in [0.15, 0.2) is 0 Å². The summed E-state index contributed by atoms with van der Waals surface area (Å²) < 4.78 is 17.7. The third-order valence-corrected chi connectivity index (χ3v) is 7.07. The third-order valence-electron chi connectivity index (χ3n) is 2.10. The van der Waals surface area contributed by atoms with Gasteiger partial charge in [0.2, 0.25) is 0 Å². The van der Waals surface area contributed by atoms with Gasteiger partial charge in [-0.1, -0.05) is 20.8 Å². The predicted octanol–water partition coefficient (Wildman–Crippen LogP) is 2.97. The molecule has 0 saturated heterocycles. The van der Waals surface area contributed by atoms with Crippen LogP contribution in [-0.4, -0.2) is 39.3 Å². The highest BCUT2D eigenvalue weighted by Crippen LogP contribution is 2.21. The SMILES string of the molecule is CCCO[Si](OCCC)(OCCC)C(S)CS. The highest BCUT2D eigenvalue weighted by Gasteiger charge is 2.47. The maximum Gasteiger partial charge on any atom is 0.515 e. The minimum atomic E-state index is -2.67. The second-order valence-corrected chi connectivity index (χ2v) is 8.09. The van der Waals surface area contributed by atoms with Crippen molar-refractivity contribution in [1.82, 2.24) is 0 Å². The number of rotatable bonds is 11. The molecule has 0 aliphatic heterocycles. The lowest BCUT2D eigenvalue weighted by Gasteiger charge is -2.33. The van der Waals surface area contributed by atoms with E-state index in [9.17, 15) is 0 Å². The van der Waals surface area contributed by atoms with Crippen LogP contribution in [0.4, 0.5) is 0 Å². The second-order valence-electron chi connectivity index (χ2n) is 3.85. The molecule has 0 spiro atoms. The second kappa shape index (κ2) is 10.7. The molecule has 0 fully saturated rings. The topological polar surface area (TPSA) is 27.7 Å². The van der Waals surface area contributed by atoms with Crippen molar-refractivity contribution in [3.05, 3.63) is 0 Å². The lowest BCUT2D eigenvalue weighted by molar-refractivity contribution is 0.0591. The maximum absolute atomic E-state index is 5.90. The van der Waals surface area contributed by atoms with E-state index in [1.807, 2.05) is 0 Å². The van der Waals surface area contributed by atoms with Crippen LogP contribution < -0.4 is 0 Å². The van der Waals surface area contributed by atoms with Gasteiger partial charge in [0.15, 0.2) is 0 Å². The molecule has 0 bridgehead atoms. The van der Waals surface area contributed by atoms with Crippen molar-refractivity contribution in [2.45, 2.75) is 44.9 Å². The van der Waals surface area contributed by atoms with Crippen LogP contribution in [0.5, 0.6) is 0 Å². The summed E-state index contributed by atoms with van der Waals surface area (Å²) in [7, 11) is -2.67. The average molecular weight is 299 g/mol. The van der Waals surface area contributed by atoms with Crippen LogP contribution >= 0.6 is 25.3 Å². The molecule has 0 radical (unpaired) electrons. The van der Waals surface area contributed by atoms with Crippen LogP contribution in [0.2, 0.25) is 0 Å². The van der Waals surface area contributed by atoms with Crippen molar-refractivity contribution >= 4 is 34.1 Å². The van der Waals surface area contributed by atoms with E-state index in [1.54, 1.807) is 0 Å². The molecule has 0 aromatic carbocycles. The van der Waals surface area contributed by atoms with Crippen molar-refractivity contribution in [2.24, 2.45) is 0 Å². The van der Waals surface area contributed by atoms with Crippen molar-refractivity contribution in [3.8, 4) is 0 Å². The minimum absolute atomic E-state index is 0.0597. The summed E-state index contributed by atoms with van der Waals surface area (Å²) in [5.41, 5.74) is 0. The molecule has 104 valence electrons. The highest BCUT2D eigenvalue weighted by molar-refractivity contribution is 7.86. The molecular weight excluding hydrogens is 272 g/mol. The van der Waals surface area contributed by atoms with Crippen molar-refractivity contribution < 1.29 is 13.3 Å². The zero-order valence-electron chi connectivity index (χ0n) is 11.1. The zero-order valence-corrected chi connectivity index (χ0v) is 13.9. The Morgan fingerprint density at radius 1 is 0.882 bits per heavy atom. The minimum Gasteiger partial charge on any atom is -0.373 e. The lowest BCUT2D eigenvalue weighted by atomic mass is 10.5. The van der Waals surface area contributed by atoms with Gasteiger partial charge in [-0.3, -0.25) is 0 Å². The molecule has 0 N–H and O–H groups in total. The van der Waals surface area contributed by atoms with Crippen LogP contribution in [0.25, 0.3) is 0 Å². The quantitative estimate of drug-likeness (QED) is 0.454. The first-order valence-corrected chi connectivity index (χ1v) is 9.32. The Balaban J connectivity index is 4.63. The van der Waals surface area contributed by atoms with Crippen LogP contribution in [0, 0.1) is 0 Å². The van der Waals surface area contributed by atoms with Crippen molar-refractivity contribution in [2.75, 3.05) is 25.6 Å². The van der Waals surface area contributed by atoms with Gasteiger partial charge in [0.05, 0.1) is 4.87 Å². The van der Waals surface area contributed by atoms with E-state index in [-0.39, 0.29) is 4.87 Å². The largest absolute Gasteiger partial charge is 0.515 e. The molecule has 0 aliphatic rings. The van der Waals surface area contributed by atoms with Gasteiger partial charge in [-0.05, 0) is 19.3 Å². The zero-order chi connectivity index (χ0) is 13.1. The van der Waals surface area contributed by atoms with Gasteiger partial charge >= 0.3 is 8.80 Å². The van der Waals surface area contributed by atoms with Gasteiger partial charge < -0.3 is 13.3 Å². The highest BCUT2D eigenvalue weighted by atomic mass is 32.1. The van der Waals surface area contributed by atoms with Gasteiger partial charge in [0.25, 0.3) is 0 Å². The lowest BCUT2D eigenvalue weighted by Crippen LogP contribution is -2.55. The summed E-state index contributed by atoms with van der Waals surface area (Å²) in [5, 5.41) is 0. The Morgan fingerprint density at radius 2 is 1.24 bits per heavy atom. The Kier molecular flexibility index (Phi) is 11.2. The van der Waals surface area contributed by atoms with Crippen LogP contribution in [-0.2, 0) is 13.3 Å². The number of hydrogen-bond donors (Lipinski definition) is 2. The fourth-order valence-corrected chi connectivity index (χ4v) is 5.12. The van der Waals surface area contributed by atoms with Crippen molar-refractivity contribution in [3.63, 3.8) is 0 Å². The molecule has 6 heteroatoms. The summed E-state index contributed by atoms with van der Waals surface area (Å²) in [6.45, 7) is 8.20. The maximum atomic E-state index is 5.90. The molecule has 0 aromatic rings. The van der Waals surface area contributed by atoms with E-state index in [0.29, 0.717) is 25.6 Å². The van der Waals surface area contributed by atoms with Gasteiger partial charge in [-0.15, -0.1) is 0 Å². The van der Waals surface area contributed by atoms with Gasteiger partial charge in [0, 0.05) is 25.6 Å². The first-order valence-electron chi connectivity index (χ1n) is 6.37. The Bertz CT molecular complexity index is 162. The molecule has 0 aliphatic carbocycles. The first-order chi connectivity index (χ1) is 8.16. The molecule has 1 unspecified atom stereocenters. The van der Waals surface area contributed by atoms with Crippen LogP contribution in [0.1, 0.15) is 40.0 Å². The summed E-state index contributed by atoms with van der Waals surface area (Å²) in [6, 6.07) is 0. The van der Waals surface area contributed by atoms with E-state index < -0.39 is 8.80 Å². The van der Waals surface area contributed by atoms with Gasteiger partial charge in [-0.25, -0.2) is 0 Å². The Hall–Kier alpha value is 0.797. The predicted molar refractivity (Wildman–Crippen MR) is 81.1 cm³/mol. The monoisotopic (exact) mass is 298 g/mol. The molecule has 17 heavy (non-hydrogen) atoms. The number of thiol groups is 2. The molecule has 0 rings (SSSR count). The van der Waals surface area contributed by atoms with Gasteiger partial charge in [0.1, 0.15) is 0 Å². The van der Waals surface area contributed by atoms with E-state index in [1.165, 1.54) is 0 Å². The van der Waals surface area contributed by atoms with Crippen LogP contribution in [0.3, 0.4) is 0 Å². The summed E-state index contributed by atoms with van der Waals surface area (Å²) in [6.07, 6.45) is 2.85. The number of hydrogen-bond acceptors (Lipinski definition) is 5. The van der Waals surface area contributed by atoms with Crippen molar-refractivity contribution in [1.29, 1.82) is 0 Å². The summed E-state index contributed by atoms with van der Waals surface area (Å²) >= 11 is 8.83. The molecule has 3 nitrogen and oxygen atoms in total. The smallest absolute Gasteiger partial charge is 0.373 e. The van der Waals surface area contributed by atoms with E-state index in [0.717, 1.165) is 19.3 Å². The fraction of sp³-hybridized carbons (Fsp3) is 1.00. The van der Waals surface area contributed by atoms with E-state index in [4.69, 9.17) is 13.3 Å². The van der Waals surface area contributed by atoms with Gasteiger partial charge in [-0.2, -0.15) is 25.3 Å². The molecule has 0 aromatic heterocycles. The molecule has 0 saturated carbocycles. The summed E-state index contributed by atoms with van der Waals surface area (Å²) in [4.78, 5) is -0.0597. The standard InChI is InChI=1S/C11H26O3S2Si/c1-4-7-12-17(11(16)10-15,13-8-5-2)14-9-6-3/h11,15-16H,4-10H2,1-3H3. The Labute approximate surface area is 118 Å². The molecule has 0 heterocycles. The summed E-state index contributed by atoms with van der Waals surface area (Å²) in [5.74, 6) is 0.604. The first kappa shape index (κ1) is 17.8. The third kappa shape index (κ3) is 6.49. The molecule has 0 amide bonds. The van der Waals surface area contributed by atoms with E-state index in [2.05, 4.69) is 46.0 Å². The average Bonchev–Trinajstić information content (AvgIpc) is 2.37. The fourth-order valence-electron chi connectivity index (χ4n) is 1.26.